The molecule has 0 aliphatic carbocycles. The van der Waals surface area contributed by atoms with E-state index in [1.807, 2.05) is 0 Å². The number of nitrogens with one attached hydrogen (secondary N) is 1. The number of pyridine rings is 1. The molecule has 1 aromatic heterocycles. The Morgan fingerprint density at radius 1 is 1.11 bits per heavy atom. The Balaban J connectivity index is 1.93. The number of hydrogen-bond acceptors (Lipinski definition) is 4. The maximum absolute atomic E-state index is 12.9. The van der Waals surface area contributed by atoms with Crippen LogP contribution in [0.3, 0.4) is 0 Å². The molecule has 2 aromatic carbocycles. The molecule has 0 atom stereocenters. The van der Waals surface area contributed by atoms with E-state index >= 15 is 0 Å². The van der Waals surface area contributed by atoms with Crippen molar-refractivity contribution in [3.05, 3.63) is 64.3 Å². The molecule has 0 bridgehead atoms. The van der Waals surface area contributed by atoms with Gasteiger partial charge in [-0.3, -0.25) is 4.79 Å². The summed E-state index contributed by atoms with van der Waals surface area (Å²) in [6.45, 7) is 0.120. The Morgan fingerprint density at radius 3 is 2.41 bits per heavy atom. The fourth-order valence-corrected chi connectivity index (χ4v) is 2.59. The van der Waals surface area contributed by atoms with Crippen LogP contribution < -0.4 is 5.32 Å². The number of rotatable bonds is 3. The van der Waals surface area contributed by atoms with Crippen LogP contribution in [0.1, 0.15) is 21.6 Å². The van der Waals surface area contributed by atoms with Gasteiger partial charge >= 0.3 is 6.18 Å². The van der Waals surface area contributed by atoms with E-state index in [1.165, 1.54) is 12.1 Å². The smallest absolute Gasteiger partial charge is 0.433 e. The molecule has 1 heterocycles. The Bertz CT molecular complexity index is 1020. The summed E-state index contributed by atoms with van der Waals surface area (Å²) in [4.78, 5) is 15.7. The summed E-state index contributed by atoms with van der Waals surface area (Å²) in [5.74, 6) is -2.15. The van der Waals surface area contributed by atoms with Gasteiger partial charge in [0.2, 0.25) is 0 Å². The standard InChI is InChI=1S/C18H12ClF3N2O3/c19-10-3-1-9(2-4-10)8-23-17(27)12-6-5-11-13(25)7-14(18(20,21)22)24-15(11)16(12)26/h1-7,26H,8H2,(H,23,27)(H,24,25). The minimum absolute atomic E-state index is 0.102. The van der Waals surface area contributed by atoms with Crippen LogP contribution in [0.2, 0.25) is 5.02 Å². The Labute approximate surface area is 156 Å². The van der Waals surface area contributed by atoms with E-state index in [-0.39, 0.29) is 17.5 Å². The number of amides is 1. The predicted octanol–water partition coefficient (Wildman–Crippen LogP) is 4.25. The number of carbonyl (C=O) groups is 1. The van der Waals surface area contributed by atoms with Gasteiger partial charge in [-0.25, -0.2) is 4.98 Å². The van der Waals surface area contributed by atoms with Crippen molar-refractivity contribution in [3.63, 3.8) is 0 Å². The number of phenols is 1. The second kappa shape index (κ2) is 6.96. The second-order valence-corrected chi connectivity index (χ2v) is 6.13. The zero-order valence-electron chi connectivity index (χ0n) is 13.5. The molecule has 0 fully saturated rings. The summed E-state index contributed by atoms with van der Waals surface area (Å²) >= 11 is 5.78. The number of phenolic OH excluding ortho intramolecular Hbond substituents is 1. The van der Waals surface area contributed by atoms with E-state index in [2.05, 4.69) is 10.3 Å². The molecule has 1 amide bonds. The third kappa shape index (κ3) is 3.90. The van der Waals surface area contributed by atoms with Crippen LogP contribution in [0.25, 0.3) is 10.9 Å². The van der Waals surface area contributed by atoms with Gasteiger partial charge < -0.3 is 15.5 Å². The van der Waals surface area contributed by atoms with Crippen LogP contribution in [-0.2, 0) is 12.7 Å². The lowest BCUT2D eigenvalue weighted by Gasteiger charge is -2.12. The summed E-state index contributed by atoms with van der Waals surface area (Å²) < 4.78 is 38.6. The van der Waals surface area contributed by atoms with Gasteiger partial charge in [-0.05, 0) is 29.8 Å². The first-order chi connectivity index (χ1) is 12.7. The van der Waals surface area contributed by atoms with E-state index in [4.69, 9.17) is 11.6 Å². The largest absolute Gasteiger partial charge is 0.507 e. The molecule has 0 radical (unpaired) electrons. The molecule has 5 nitrogen and oxygen atoms in total. The average molecular weight is 397 g/mol. The lowest BCUT2D eigenvalue weighted by molar-refractivity contribution is -0.141. The number of hydrogen-bond donors (Lipinski definition) is 3. The molecule has 27 heavy (non-hydrogen) atoms. The first-order valence-electron chi connectivity index (χ1n) is 7.62. The van der Waals surface area contributed by atoms with Crippen molar-refractivity contribution in [2.75, 3.05) is 0 Å². The molecule has 0 aliphatic heterocycles. The Morgan fingerprint density at radius 2 is 1.78 bits per heavy atom. The van der Waals surface area contributed by atoms with Gasteiger partial charge in [0, 0.05) is 23.0 Å². The zero-order chi connectivity index (χ0) is 19.8. The molecule has 0 aliphatic rings. The van der Waals surface area contributed by atoms with E-state index in [0.29, 0.717) is 11.1 Å². The van der Waals surface area contributed by atoms with E-state index in [1.54, 1.807) is 24.3 Å². The van der Waals surface area contributed by atoms with Crippen molar-refractivity contribution in [1.29, 1.82) is 0 Å². The molecule has 0 spiro atoms. The van der Waals surface area contributed by atoms with Gasteiger partial charge in [-0.15, -0.1) is 0 Å². The normalized spacial score (nSPS) is 11.6. The van der Waals surface area contributed by atoms with E-state index in [0.717, 1.165) is 5.56 Å². The molecule has 140 valence electrons. The molecular formula is C18H12ClF3N2O3. The number of halogens is 4. The fraction of sp³-hybridized carbons (Fsp3) is 0.111. The van der Waals surface area contributed by atoms with Gasteiger partial charge in [0.1, 0.15) is 17.0 Å². The van der Waals surface area contributed by atoms with Crippen LogP contribution >= 0.6 is 11.6 Å². The van der Waals surface area contributed by atoms with Crippen molar-refractivity contribution < 1.29 is 28.2 Å². The number of benzene rings is 2. The zero-order valence-corrected chi connectivity index (χ0v) is 14.3. The monoisotopic (exact) mass is 396 g/mol. The minimum atomic E-state index is -4.81. The van der Waals surface area contributed by atoms with Gasteiger partial charge in [-0.2, -0.15) is 13.2 Å². The molecule has 0 unspecified atom stereocenters. The second-order valence-electron chi connectivity index (χ2n) is 5.69. The third-order valence-electron chi connectivity index (χ3n) is 3.83. The number of alkyl halides is 3. The van der Waals surface area contributed by atoms with Crippen molar-refractivity contribution in [1.82, 2.24) is 10.3 Å². The Kier molecular flexibility index (Phi) is 4.84. The number of aromatic nitrogens is 1. The first kappa shape index (κ1) is 18.8. The Hall–Kier alpha value is -3.00. The quantitative estimate of drug-likeness (QED) is 0.618. The predicted molar refractivity (Wildman–Crippen MR) is 92.7 cm³/mol. The van der Waals surface area contributed by atoms with Gasteiger partial charge in [0.25, 0.3) is 5.91 Å². The molecule has 3 aromatic rings. The average Bonchev–Trinajstić information content (AvgIpc) is 2.61. The van der Waals surface area contributed by atoms with E-state index in [9.17, 15) is 28.2 Å². The summed E-state index contributed by atoms with van der Waals surface area (Å²) in [5, 5.41) is 23.0. The lowest BCUT2D eigenvalue weighted by atomic mass is 10.1. The van der Waals surface area contributed by atoms with Crippen LogP contribution in [0, 0.1) is 0 Å². The van der Waals surface area contributed by atoms with Crippen molar-refractivity contribution in [2.24, 2.45) is 0 Å². The summed E-state index contributed by atoms with van der Waals surface area (Å²) in [5.41, 5.74) is -1.41. The first-order valence-corrected chi connectivity index (χ1v) is 8.00. The van der Waals surface area contributed by atoms with Crippen LogP contribution in [0.15, 0.2) is 42.5 Å². The highest BCUT2D eigenvalue weighted by atomic mass is 35.5. The molecule has 0 saturated carbocycles. The lowest BCUT2D eigenvalue weighted by Crippen LogP contribution is -2.23. The van der Waals surface area contributed by atoms with E-state index < -0.39 is 34.8 Å². The highest BCUT2D eigenvalue weighted by Crippen LogP contribution is 2.37. The van der Waals surface area contributed by atoms with Crippen LogP contribution in [0.5, 0.6) is 11.5 Å². The highest BCUT2D eigenvalue weighted by molar-refractivity contribution is 6.30. The number of aromatic hydroxyl groups is 2. The van der Waals surface area contributed by atoms with Gasteiger partial charge in [0.05, 0.1) is 5.56 Å². The SMILES string of the molecule is O=C(NCc1ccc(Cl)cc1)c1ccc2c(O)cc(C(F)(F)F)nc2c1O. The summed E-state index contributed by atoms with van der Waals surface area (Å²) in [6, 6.07) is 9.54. The van der Waals surface area contributed by atoms with Gasteiger partial charge in [0.15, 0.2) is 5.75 Å². The van der Waals surface area contributed by atoms with Gasteiger partial charge in [-0.1, -0.05) is 23.7 Å². The molecular weight excluding hydrogens is 385 g/mol. The van der Waals surface area contributed by atoms with Crippen LogP contribution in [-0.4, -0.2) is 21.1 Å². The topological polar surface area (TPSA) is 82.5 Å². The number of carbonyl (C=O) groups excluding carboxylic acids is 1. The third-order valence-corrected chi connectivity index (χ3v) is 4.09. The maximum atomic E-state index is 12.9. The summed E-state index contributed by atoms with van der Waals surface area (Å²) in [6.07, 6.45) is -4.81. The molecule has 9 heteroatoms. The molecule has 0 saturated heterocycles. The fourth-order valence-electron chi connectivity index (χ4n) is 2.47. The number of nitrogens with zero attached hydrogens (tertiary/aromatic N) is 1. The van der Waals surface area contributed by atoms with Crippen LogP contribution in [0.4, 0.5) is 13.2 Å². The number of fused-ring (bicyclic) bond motifs is 1. The summed E-state index contributed by atoms with van der Waals surface area (Å²) in [7, 11) is 0. The van der Waals surface area contributed by atoms with Crippen molar-refractivity contribution >= 4 is 28.4 Å². The van der Waals surface area contributed by atoms with Crippen molar-refractivity contribution in [3.8, 4) is 11.5 Å². The molecule has 3 rings (SSSR count). The minimum Gasteiger partial charge on any atom is -0.507 e. The van der Waals surface area contributed by atoms with Crippen molar-refractivity contribution in [2.45, 2.75) is 12.7 Å². The molecule has 3 N–H and O–H groups in total. The maximum Gasteiger partial charge on any atom is 0.433 e. The highest BCUT2D eigenvalue weighted by Gasteiger charge is 2.34.